The third-order valence-electron chi connectivity index (χ3n) is 3.87. The smallest absolute Gasteiger partial charge is 0.234 e. The zero-order chi connectivity index (χ0) is 17.2. The van der Waals surface area contributed by atoms with Crippen LogP contribution in [0.15, 0.2) is 59.7 Å². The lowest BCUT2D eigenvalue weighted by Gasteiger charge is -2.08. The molecular formula is C18H16BrN5O. The van der Waals surface area contributed by atoms with E-state index in [4.69, 9.17) is 4.74 Å². The van der Waals surface area contributed by atoms with Crippen LogP contribution in [0.3, 0.4) is 0 Å². The maximum absolute atomic E-state index is 5.50. The van der Waals surface area contributed by atoms with Crippen molar-refractivity contribution in [2.75, 3.05) is 6.61 Å². The lowest BCUT2D eigenvalue weighted by Crippen LogP contribution is -2.02. The van der Waals surface area contributed by atoms with Crippen molar-refractivity contribution in [1.29, 1.82) is 0 Å². The molecule has 4 aromatic rings. The van der Waals surface area contributed by atoms with Crippen LogP contribution in [0.2, 0.25) is 0 Å². The number of imidazole rings is 2. The molecule has 3 heterocycles. The van der Waals surface area contributed by atoms with Crippen LogP contribution >= 0.6 is 15.9 Å². The van der Waals surface area contributed by atoms with Gasteiger partial charge in [-0.05, 0) is 53.2 Å². The summed E-state index contributed by atoms with van der Waals surface area (Å²) < 4.78 is 10.4. The summed E-state index contributed by atoms with van der Waals surface area (Å²) in [5.41, 5.74) is 1.94. The minimum Gasteiger partial charge on any atom is -0.494 e. The number of aromatic nitrogens is 5. The van der Waals surface area contributed by atoms with E-state index in [1.165, 1.54) is 0 Å². The second-order valence-electron chi connectivity index (χ2n) is 5.48. The van der Waals surface area contributed by atoms with E-state index in [1.54, 1.807) is 12.4 Å². The quantitative estimate of drug-likeness (QED) is 0.513. The molecule has 0 N–H and O–H groups in total. The van der Waals surface area contributed by atoms with Gasteiger partial charge in [-0.1, -0.05) is 0 Å². The largest absolute Gasteiger partial charge is 0.494 e. The van der Waals surface area contributed by atoms with Gasteiger partial charge in [0.1, 0.15) is 16.2 Å². The Kier molecular flexibility index (Phi) is 4.23. The molecule has 0 radical (unpaired) electrons. The highest BCUT2D eigenvalue weighted by atomic mass is 79.9. The van der Waals surface area contributed by atoms with Crippen LogP contribution in [0.4, 0.5) is 0 Å². The molecule has 7 heteroatoms. The van der Waals surface area contributed by atoms with Crippen LogP contribution in [0.1, 0.15) is 12.6 Å². The van der Waals surface area contributed by atoms with E-state index < -0.39 is 0 Å². The van der Waals surface area contributed by atoms with E-state index in [9.17, 15) is 0 Å². The molecule has 4 rings (SSSR count). The Morgan fingerprint density at radius 2 is 1.92 bits per heavy atom. The van der Waals surface area contributed by atoms with Gasteiger partial charge in [0, 0.05) is 30.4 Å². The van der Waals surface area contributed by atoms with E-state index in [0.29, 0.717) is 18.9 Å². The van der Waals surface area contributed by atoms with Crippen LogP contribution in [0.25, 0.3) is 17.2 Å². The van der Waals surface area contributed by atoms with Crippen LogP contribution in [0, 0.1) is 0 Å². The summed E-state index contributed by atoms with van der Waals surface area (Å²) in [5.74, 6) is 2.42. The lowest BCUT2D eigenvalue weighted by molar-refractivity contribution is 0.340. The van der Waals surface area contributed by atoms with Crippen molar-refractivity contribution >= 4 is 21.7 Å². The van der Waals surface area contributed by atoms with E-state index in [0.717, 1.165) is 27.4 Å². The van der Waals surface area contributed by atoms with Gasteiger partial charge in [-0.2, -0.15) is 0 Å². The maximum Gasteiger partial charge on any atom is 0.234 e. The average Bonchev–Trinajstić information content (AvgIpc) is 3.22. The van der Waals surface area contributed by atoms with Gasteiger partial charge in [0.25, 0.3) is 0 Å². The highest BCUT2D eigenvalue weighted by molar-refractivity contribution is 9.10. The summed E-state index contributed by atoms with van der Waals surface area (Å²) >= 11 is 3.62. The molecule has 0 atom stereocenters. The minimum absolute atomic E-state index is 0.604. The highest BCUT2D eigenvalue weighted by Crippen LogP contribution is 2.24. The topological polar surface area (TPSA) is 57.2 Å². The Balaban J connectivity index is 1.66. The van der Waals surface area contributed by atoms with E-state index in [1.807, 2.05) is 54.0 Å². The minimum atomic E-state index is 0.604. The molecule has 0 saturated heterocycles. The highest BCUT2D eigenvalue weighted by Gasteiger charge is 2.13. The van der Waals surface area contributed by atoms with Gasteiger partial charge in [0.2, 0.25) is 5.78 Å². The number of hydrogen-bond acceptors (Lipinski definition) is 4. The summed E-state index contributed by atoms with van der Waals surface area (Å²) in [6.07, 6.45) is 7.43. The molecule has 0 amide bonds. The molecule has 0 spiro atoms. The molecular weight excluding hydrogens is 382 g/mol. The summed E-state index contributed by atoms with van der Waals surface area (Å²) in [4.78, 5) is 13.4. The molecule has 25 heavy (non-hydrogen) atoms. The molecule has 0 aliphatic heterocycles. The van der Waals surface area contributed by atoms with Gasteiger partial charge in [0.05, 0.1) is 18.8 Å². The Hall–Kier alpha value is -2.67. The van der Waals surface area contributed by atoms with E-state index >= 15 is 0 Å². The van der Waals surface area contributed by atoms with Crippen LogP contribution < -0.4 is 4.74 Å². The van der Waals surface area contributed by atoms with Crippen molar-refractivity contribution in [1.82, 2.24) is 23.9 Å². The predicted molar refractivity (Wildman–Crippen MR) is 98.6 cm³/mol. The normalized spacial score (nSPS) is 11.1. The third-order valence-corrected chi connectivity index (χ3v) is 4.71. The summed E-state index contributed by atoms with van der Waals surface area (Å²) in [6, 6.07) is 9.84. The number of nitrogens with zero attached hydrogens (tertiary/aromatic N) is 5. The molecule has 0 aliphatic carbocycles. The van der Waals surface area contributed by atoms with Gasteiger partial charge in [-0.15, -0.1) is 0 Å². The SMILES string of the molecule is CCOc1ccc(-c2nccn2Cc2nc3ncccn3c2Br)cc1. The van der Waals surface area contributed by atoms with Gasteiger partial charge in [0.15, 0.2) is 0 Å². The fourth-order valence-corrected chi connectivity index (χ4v) is 3.22. The van der Waals surface area contributed by atoms with Crippen molar-refractivity contribution in [3.63, 3.8) is 0 Å². The number of fused-ring (bicyclic) bond motifs is 1. The lowest BCUT2D eigenvalue weighted by atomic mass is 10.2. The van der Waals surface area contributed by atoms with Crippen molar-refractivity contribution in [2.24, 2.45) is 0 Å². The Labute approximate surface area is 153 Å². The van der Waals surface area contributed by atoms with Crippen LogP contribution in [0.5, 0.6) is 5.75 Å². The van der Waals surface area contributed by atoms with Gasteiger partial charge in [-0.25, -0.2) is 15.0 Å². The first-order valence-electron chi connectivity index (χ1n) is 7.98. The fraction of sp³-hybridized carbons (Fsp3) is 0.167. The number of rotatable bonds is 5. The molecule has 126 valence electrons. The van der Waals surface area contributed by atoms with Crippen molar-refractivity contribution < 1.29 is 4.74 Å². The summed E-state index contributed by atoms with van der Waals surface area (Å²) in [7, 11) is 0. The molecule has 6 nitrogen and oxygen atoms in total. The van der Waals surface area contributed by atoms with E-state index in [2.05, 4.69) is 35.4 Å². The molecule has 0 bridgehead atoms. The van der Waals surface area contributed by atoms with Gasteiger partial charge >= 0.3 is 0 Å². The monoisotopic (exact) mass is 397 g/mol. The Morgan fingerprint density at radius 3 is 2.68 bits per heavy atom. The summed E-state index contributed by atoms with van der Waals surface area (Å²) in [6.45, 7) is 3.23. The zero-order valence-electron chi connectivity index (χ0n) is 13.6. The third kappa shape index (κ3) is 3.02. The van der Waals surface area contributed by atoms with Crippen LogP contribution in [-0.4, -0.2) is 30.5 Å². The van der Waals surface area contributed by atoms with Crippen molar-refractivity contribution in [2.45, 2.75) is 13.5 Å². The molecule has 3 aromatic heterocycles. The van der Waals surface area contributed by atoms with E-state index in [-0.39, 0.29) is 0 Å². The number of ether oxygens (including phenoxy) is 1. The first kappa shape index (κ1) is 15.8. The number of benzene rings is 1. The predicted octanol–water partition coefficient (Wildman–Crippen LogP) is 3.80. The standard InChI is InChI=1S/C18H16BrN5O/c1-2-25-14-6-4-13(5-7-14)17-20-9-11-23(17)12-15-16(19)24-10-3-8-21-18(24)22-15/h3-11H,2,12H2,1H3. The summed E-state index contributed by atoms with van der Waals surface area (Å²) in [5, 5.41) is 0. The molecule has 0 aliphatic rings. The number of hydrogen-bond donors (Lipinski definition) is 0. The maximum atomic E-state index is 5.50. The second-order valence-corrected chi connectivity index (χ2v) is 6.23. The van der Waals surface area contributed by atoms with Gasteiger partial charge in [-0.3, -0.25) is 4.40 Å². The van der Waals surface area contributed by atoms with Crippen molar-refractivity contribution in [3.8, 4) is 17.1 Å². The van der Waals surface area contributed by atoms with Crippen LogP contribution in [-0.2, 0) is 6.54 Å². The van der Waals surface area contributed by atoms with Gasteiger partial charge < -0.3 is 9.30 Å². The number of halogens is 1. The molecule has 0 saturated carbocycles. The molecule has 0 unspecified atom stereocenters. The first-order chi connectivity index (χ1) is 12.3. The molecule has 0 fully saturated rings. The van der Waals surface area contributed by atoms with Crippen molar-refractivity contribution in [3.05, 3.63) is 65.4 Å². The molecule has 1 aromatic carbocycles. The Bertz CT molecular complexity index is 1010. The Morgan fingerprint density at radius 1 is 1.08 bits per heavy atom. The zero-order valence-corrected chi connectivity index (χ0v) is 15.2. The second kappa shape index (κ2) is 6.68. The first-order valence-corrected chi connectivity index (χ1v) is 8.77. The average molecular weight is 398 g/mol. The fourth-order valence-electron chi connectivity index (χ4n) is 2.73.